The van der Waals surface area contributed by atoms with Crippen molar-refractivity contribution >= 4 is 11.0 Å². The Balaban J connectivity index is 2.28. The van der Waals surface area contributed by atoms with Crippen molar-refractivity contribution in [1.29, 1.82) is 0 Å². The molecule has 2 N–H and O–H groups in total. The molecular formula is C11H14N4. The lowest BCUT2D eigenvalue weighted by molar-refractivity contribution is 0.639. The highest BCUT2D eigenvalue weighted by molar-refractivity contribution is 5.75. The largest absolute Gasteiger partial charge is 0.323 e. The van der Waals surface area contributed by atoms with Crippen LogP contribution in [0.2, 0.25) is 0 Å². The van der Waals surface area contributed by atoms with E-state index in [1.54, 1.807) is 6.20 Å². The molecule has 2 aromatic rings. The highest BCUT2D eigenvalue weighted by atomic mass is 15.1. The molecule has 0 spiro atoms. The Hall–Kier alpha value is -1.42. The molecular weight excluding hydrogens is 188 g/mol. The number of hydrogen-bond donors (Lipinski definition) is 1. The first-order chi connectivity index (χ1) is 7.27. The highest BCUT2D eigenvalue weighted by Gasteiger charge is 2.28. The lowest BCUT2D eigenvalue weighted by atomic mass is 10.3. The monoisotopic (exact) mass is 202 g/mol. The van der Waals surface area contributed by atoms with Gasteiger partial charge in [-0.25, -0.2) is 4.98 Å². The number of rotatable bonds is 2. The molecule has 0 aromatic carbocycles. The van der Waals surface area contributed by atoms with Crippen molar-refractivity contribution in [1.82, 2.24) is 14.5 Å². The topological polar surface area (TPSA) is 56.7 Å². The second kappa shape index (κ2) is 3.03. The van der Waals surface area contributed by atoms with E-state index in [1.807, 2.05) is 19.2 Å². The van der Waals surface area contributed by atoms with Gasteiger partial charge in [0.05, 0.1) is 17.8 Å². The molecule has 0 amide bonds. The van der Waals surface area contributed by atoms with E-state index in [1.165, 1.54) is 18.4 Å². The van der Waals surface area contributed by atoms with Gasteiger partial charge in [-0.15, -0.1) is 0 Å². The van der Waals surface area contributed by atoms with Crippen LogP contribution in [0.15, 0.2) is 18.5 Å². The second-order valence-corrected chi connectivity index (χ2v) is 4.22. The van der Waals surface area contributed by atoms with E-state index in [9.17, 15) is 0 Å². The third-order valence-electron chi connectivity index (χ3n) is 2.84. The summed E-state index contributed by atoms with van der Waals surface area (Å²) in [4.78, 5) is 8.64. The molecule has 0 aliphatic heterocycles. The van der Waals surface area contributed by atoms with Crippen LogP contribution in [-0.4, -0.2) is 14.5 Å². The van der Waals surface area contributed by atoms with E-state index in [0.717, 1.165) is 11.3 Å². The highest BCUT2D eigenvalue weighted by Crippen LogP contribution is 2.39. The van der Waals surface area contributed by atoms with Crippen molar-refractivity contribution in [3.05, 3.63) is 24.3 Å². The number of aromatic nitrogens is 3. The van der Waals surface area contributed by atoms with Crippen molar-refractivity contribution in [2.24, 2.45) is 5.73 Å². The molecule has 1 fully saturated rings. The quantitative estimate of drug-likeness (QED) is 0.807. The molecule has 0 radical (unpaired) electrons. The standard InChI is InChI=1S/C11H14N4/c1-7(12)11-14-9-6-13-5-4-10(9)15(11)8-2-3-8/h4-8H,2-3,12H2,1H3/t7-/m1/s1. The molecule has 1 aliphatic rings. The van der Waals surface area contributed by atoms with Gasteiger partial charge in [0, 0.05) is 12.2 Å². The average molecular weight is 202 g/mol. The Morgan fingerprint density at radius 2 is 2.33 bits per heavy atom. The summed E-state index contributed by atoms with van der Waals surface area (Å²) >= 11 is 0. The van der Waals surface area contributed by atoms with Crippen LogP contribution in [0.3, 0.4) is 0 Å². The fourth-order valence-corrected chi connectivity index (χ4v) is 2.01. The first kappa shape index (κ1) is 8.85. The van der Waals surface area contributed by atoms with Crippen LogP contribution in [-0.2, 0) is 0 Å². The number of pyridine rings is 1. The van der Waals surface area contributed by atoms with Crippen LogP contribution in [0.4, 0.5) is 0 Å². The summed E-state index contributed by atoms with van der Waals surface area (Å²) in [6, 6.07) is 2.61. The summed E-state index contributed by atoms with van der Waals surface area (Å²) in [6.07, 6.45) is 6.11. The summed E-state index contributed by atoms with van der Waals surface area (Å²) in [6.45, 7) is 1.98. The lowest BCUT2D eigenvalue weighted by Gasteiger charge is -2.09. The minimum atomic E-state index is -0.0157. The molecule has 4 nitrogen and oxygen atoms in total. The van der Waals surface area contributed by atoms with Crippen LogP contribution in [0.5, 0.6) is 0 Å². The summed E-state index contributed by atoms with van der Waals surface area (Å²) < 4.78 is 2.28. The van der Waals surface area contributed by atoms with Crippen LogP contribution < -0.4 is 5.73 Å². The van der Waals surface area contributed by atoms with Crippen molar-refractivity contribution < 1.29 is 0 Å². The van der Waals surface area contributed by atoms with Gasteiger partial charge >= 0.3 is 0 Å². The number of imidazole rings is 1. The molecule has 2 aromatic heterocycles. The zero-order valence-corrected chi connectivity index (χ0v) is 8.72. The molecule has 2 heterocycles. The number of nitrogens with zero attached hydrogens (tertiary/aromatic N) is 3. The van der Waals surface area contributed by atoms with E-state index in [4.69, 9.17) is 5.73 Å². The fraction of sp³-hybridized carbons (Fsp3) is 0.455. The van der Waals surface area contributed by atoms with E-state index >= 15 is 0 Å². The van der Waals surface area contributed by atoms with Gasteiger partial charge in [-0.1, -0.05) is 0 Å². The van der Waals surface area contributed by atoms with E-state index in [2.05, 4.69) is 14.5 Å². The first-order valence-corrected chi connectivity index (χ1v) is 5.35. The SMILES string of the molecule is C[C@@H](N)c1nc2cnccc2n1C1CC1. The Bertz CT molecular complexity index is 496. The lowest BCUT2D eigenvalue weighted by Crippen LogP contribution is -2.12. The van der Waals surface area contributed by atoms with E-state index in [0.29, 0.717) is 6.04 Å². The van der Waals surface area contributed by atoms with Crippen molar-refractivity contribution in [2.45, 2.75) is 31.8 Å². The average Bonchev–Trinajstić information content (AvgIpc) is 2.98. The van der Waals surface area contributed by atoms with Gasteiger partial charge in [0.1, 0.15) is 11.3 Å². The predicted octanol–water partition coefficient (Wildman–Crippen LogP) is 1.79. The van der Waals surface area contributed by atoms with Gasteiger partial charge in [-0.2, -0.15) is 0 Å². The predicted molar refractivity (Wildman–Crippen MR) is 58.4 cm³/mol. The smallest absolute Gasteiger partial charge is 0.126 e. The maximum atomic E-state index is 5.94. The zero-order chi connectivity index (χ0) is 10.4. The van der Waals surface area contributed by atoms with Crippen LogP contribution >= 0.6 is 0 Å². The summed E-state index contributed by atoms with van der Waals surface area (Å²) in [7, 11) is 0. The molecule has 0 bridgehead atoms. The third kappa shape index (κ3) is 1.33. The molecule has 1 atom stereocenters. The minimum Gasteiger partial charge on any atom is -0.323 e. The first-order valence-electron chi connectivity index (χ1n) is 5.35. The number of fused-ring (bicyclic) bond motifs is 1. The second-order valence-electron chi connectivity index (χ2n) is 4.22. The van der Waals surface area contributed by atoms with Gasteiger partial charge in [0.25, 0.3) is 0 Å². The number of hydrogen-bond acceptors (Lipinski definition) is 3. The Kier molecular flexibility index (Phi) is 1.79. The Morgan fingerprint density at radius 3 is 3.00 bits per heavy atom. The van der Waals surface area contributed by atoms with Crippen LogP contribution in [0, 0.1) is 0 Å². The normalized spacial score (nSPS) is 18.3. The minimum absolute atomic E-state index is 0.0157. The van der Waals surface area contributed by atoms with E-state index < -0.39 is 0 Å². The Morgan fingerprint density at radius 1 is 1.53 bits per heavy atom. The third-order valence-corrected chi connectivity index (χ3v) is 2.84. The molecule has 78 valence electrons. The molecule has 1 aliphatic carbocycles. The summed E-state index contributed by atoms with van der Waals surface area (Å²) in [5.41, 5.74) is 8.06. The Labute approximate surface area is 88.1 Å². The van der Waals surface area contributed by atoms with Crippen molar-refractivity contribution in [2.75, 3.05) is 0 Å². The number of nitrogens with two attached hydrogens (primary N) is 1. The maximum absolute atomic E-state index is 5.94. The molecule has 4 heteroatoms. The molecule has 0 saturated heterocycles. The van der Waals surface area contributed by atoms with E-state index in [-0.39, 0.29) is 6.04 Å². The van der Waals surface area contributed by atoms with Crippen LogP contribution in [0.25, 0.3) is 11.0 Å². The maximum Gasteiger partial charge on any atom is 0.126 e. The van der Waals surface area contributed by atoms with Gasteiger partial charge < -0.3 is 10.3 Å². The zero-order valence-electron chi connectivity index (χ0n) is 8.72. The molecule has 0 unspecified atom stereocenters. The van der Waals surface area contributed by atoms with Gasteiger partial charge in [0.15, 0.2) is 0 Å². The molecule has 1 saturated carbocycles. The van der Waals surface area contributed by atoms with Crippen molar-refractivity contribution in [3.8, 4) is 0 Å². The summed E-state index contributed by atoms with van der Waals surface area (Å²) in [5, 5.41) is 0. The fourth-order valence-electron chi connectivity index (χ4n) is 2.01. The molecule has 3 rings (SSSR count). The van der Waals surface area contributed by atoms with Crippen molar-refractivity contribution in [3.63, 3.8) is 0 Å². The van der Waals surface area contributed by atoms with Gasteiger partial charge in [-0.05, 0) is 25.8 Å². The van der Waals surface area contributed by atoms with Crippen LogP contribution in [0.1, 0.15) is 37.7 Å². The van der Waals surface area contributed by atoms with Gasteiger partial charge in [0.2, 0.25) is 0 Å². The molecule has 15 heavy (non-hydrogen) atoms. The summed E-state index contributed by atoms with van der Waals surface area (Å²) in [5.74, 6) is 0.987. The van der Waals surface area contributed by atoms with Gasteiger partial charge in [-0.3, -0.25) is 4.98 Å².